The molecule has 0 fully saturated rings. The Bertz CT molecular complexity index is 749. The molecule has 0 aliphatic carbocycles. The van der Waals surface area contributed by atoms with Crippen LogP contribution < -0.4 is 10.6 Å². The van der Waals surface area contributed by atoms with Crippen molar-refractivity contribution >= 4 is 11.8 Å². The van der Waals surface area contributed by atoms with Crippen LogP contribution in [0.4, 0.5) is 0 Å². The molecule has 1 aromatic carbocycles. The van der Waals surface area contributed by atoms with Crippen LogP contribution in [-0.4, -0.2) is 17.9 Å². The van der Waals surface area contributed by atoms with Crippen molar-refractivity contribution in [2.75, 3.05) is 0 Å². The Morgan fingerprint density at radius 3 is 2.28 bits per heavy atom. The Labute approximate surface area is 148 Å². The SMILES string of the molecule is Cc1cccc(C(=O)NC(C(=O)NC(C)c2ccc(C)o2)C(C)C)c1. The van der Waals surface area contributed by atoms with Crippen molar-refractivity contribution in [2.24, 2.45) is 5.92 Å². The van der Waals surface area contributed by atoms with Gasteiger partial charge in [0.25, 0.3) is 5.91 Å². The molecule has 2 amide bonds. The van der Waals surface area contributed by atoms with Gasteiger partial charge in [0, 0.05) is 5.56 Å². The minimum atomic E-state index is -0.619. The number of carbonyl (C=O) groups is 2. The van der Waals surface area contributed by atoms with Crippen molar-refractivity contribution in [3.63, 3.8) is 0 Å². The van der Waals surface area contributed by atoms with Gasteiger partial charge >= 0.3 is 0 Å². The molecule has 25 heavy (non-hydrogen) atoms. The topological polar surface area (TPSA) is 71.3 Å². The lowest BCUT2D eigenvalue weighted by molar-refractivity contribution is -0.124. The van der Waals surface area contributed by atoms with Gasteiger partial charge in [-0.2, -0.15) is 0 Å². The third kappa shape index (κ3) is 4.95. The Morgan fingerprint density at radius 1 is 1.00 bits per heavy atom. The Morgan fingerprint density at radius 2 is 1.72 bits per heavy atom. The summed E-state index contributed by atoms with van der Waals surface area (Å²) >= 11 is 0. The second kappa shape index (κ2) is 8.01. The van der Waals surface area contributed by atoms with Crippen molar-refractivity contribution in [2.45, 2.75) is 46.7 Å². The van der Waals surface area contributed by atoms with Crippen LogP contribution in [0.15, 0.2) is 40.8 Å². The van der Waals surface area contributed by atoms with Crippen LogP contribution in [0.5, 0.6) is 0 Å². The first-order valence-electron chi connectivity index (χ1n) is 8.52. The fraction of sp³-hybridized carbons (Fsp3) is 0.400. The van der Waals surface area contributed by atoms with E-state index in [4.69, 9.17) is 4.42 Å². The number of benzene rings is 1. The van der Waals surface area contributed by atoms with Crippen LogP contribution in [0.2, 0.25) is 0 Å². The van der Waals surface area contributed by atoms with E-state index in [2.05, 4.69) is 10.6 Å². The van der Waals surface area contributed by atoms with Crippen LogP contribution in [0.3, 0.4) is 0 Å². The summed E-state index contributed by atoms with van der Waals surface area (Å²) in [6, 6.07) is 10.1. The highest BCUT2D eigenvalue weighted by Crippen LogP contribution is 2.16. The van der Waals surface area contributed by atoms with E-state index in [0.717, 1.165) is 11.3 Å². The molecule has 0 spiro atoms. The van der Waals surface area contributed by atoms with Crippen molar-refractivity contribution in [1.29, 1.82) is 0 Å². The molecule has 2 aromatic rings. The summed E-state index contributed by atoms with van der Waals surface area (Å²) in [6.45, 7) is 9.45. The lowest BCUT2D eigenvalue weighted by atomic mass is 10.0. The number of amides is 2. The predicted molar refractivity (Wildman–Crippen MR) is 97.3 cm³/mol. The average Bonchev–Trinajstić information content (AvgIpc) is 2.98. The predicted octanol–water partition coefficient (Wildman–Crippen LogP) is 3.53. The van der Waals surface area contributed by atoms with Crippen molar-refractivity contribution in [3.05, 3.63) is 59.0 Å². The first-order chi connectivity index (χ1) is 11.8. The molecule has 0 aliphatic rings. The highest BCUT2D eigenvalue weighted by atomic mass is 16.3. The van der Waals surface area contributed by atoms with Gasteiger partial charge in [-0.15, -0.1) is 0 Å². The molecule has 134 valence electrons. The molecule has 5 heteroatoms. The van der Waals surface area contributed by atoms with E-state index < -0.39 is 6.04 Å². The maximum Gasteiger partial charge on any atom is 0.251 e. The maximum atomic E-state index is 12.6. The molecular weight excluding hydrogens is 316 g/mol. The zero-order chi connectivity index (χ0) is 18.6. The molecule has 1 aromatic heterocycles. The zero-order valence-corrected chi connectivity index (χ0v) is 15.4. The van der Waals surface area contributed by atoms with Crippen molar-refractivity contribution in [1.82, 2.24) is 10.6 Å². The second-order valence-electron chi connectivity index (χ2n) is 6.74. The number of hydrogen-bond acceptors (Lipinski definition) is 3. The first-order valence-corrected chi connectivity index (χ1v) is 8.52. The highest BCUT2D eigenvalue weighted by Gasteiger charge is 2.26. The lowest BCUT2D eigenvalue weighted by Crippen LogP contribution is -2.50. The van der Waals surface area contributed by atoms with Gasteiger partial charge in [-0.05, 0) is 51.0 Å². The maximum absolute atomic E-state index is 12.6. The molecule has 0 saturated heterocycles. The molecule has 2 unspecified atom stereocenters. The number of hydrogen-bond donors (Lipinski definition) is 2. The smallest absolute Gasteiger partial charge is 0.251 e. The molecule has 2 rings (SSSR count). The van der Waals surface area contributed by atoms with Crippen LogP contribution in [0.25, 0.3) is 0 Å². The van der Waals surface area contributed by atoms with E-state index in [1.54, 1.807) is 12.1 Å². The van der Waals surface area contributed by atoms with Gasteiger partial charge < -0.3 is 15.1 Å². The van der Waals surface area contributed by atoms with Crippen LogP contribution >= 0.6 is 0 Å². The van der Waals surface area contributed by atoms with E-state index in [-0.39, 0.29) is 23.8 Å². The van der Waals surface area contributed by atoms with Crippen LogP contribution in [0, 0.1) is 19.8 Å². The molecule has 0 bridgehead atoms. The molecule has 5 nitrogen and oxygen atoms in total. The summed E-state index contributed by atoms with van der Waals surface area (Å²) in [5.74, 6) is 0.971. The number of furan rings is 1. The Balaban J connectivity index is 2.06. The number of rotatable bonds is 6. The highest BCUT2D eigenvalue weighted by molar-refractivity contribution is 5.97. The second-order valence-corrected chi connectivity index (χ2v) is 6.74. The van der Waals surface area contributed by atoms with E-state index in [1.165, 1.54) is 0 Å². The van der Waals surface area contributed by atoms with E-state index in [1.807, 2.05) is 58.9 Å². The van der Waals surface area contributed by atoms with E-state index in [0.29, 0.717) is 11.3 Å². The minimum absolute atomic E-state index is 0.0423. The van der Waals surface area contributed by atoms with Gasteiger partial charge in [0.1, 0.15) is 17.6 Å². The quantitative estimate of drug-likeness (QED) is 0.843. The summed E-state index contributed by atoms with van der Waals surface area (Å²) in [5, 5.41) is 5.75. The summed E-state index contributed by atoms with van der Waals surface area (Å²) in [7, 11) is 0. The van der Waals surface area contributed by atoms with E-state index >= 15 is 0 Å². The van der Waals surface area contributed by atoms with Crippen LogP contribution in [-0.2, 0) is 4.79 Å². The Hall–Kier alpha value is -2.56. The number of carbonyl (C=O) groups excluding carboxylic acids is 2. The largest absolute Gasteiger partial charge is 0.464 e. The Kier molecular flexibility index (Phi) is 6.02. The van der Waals surface area contributed by atoms with Gasteiger partial charge in [0.05, 0.1) is 6.04 Å². The fourth-order valence-electron chi connectivity index (χ4n) is 2.61. The normalized spacial score (nSPS) is 13.4. The zero-order valence-electron chi connectivity index (χ0n) is 15.4. The molecule has 0 aliphatic heterocycles. The van der Waals surface area contributed by atoms with Crippen molar-refractivity contribution < 1.29 is 14.0 Å². The third-order valence-electron chi connectivity index (χ3n) is 4.06. The molecule has 1 heterocycles. The van der Waals surface area contributed by atoms with Crippen molar-refractivity contribution in [3.8, 4) is 0 Å². The fourth-order valence-corrected chi connectivity index (χ4v) is 2.61. The minimum Gasteiger partial charge on any atom is -0.464 e. The average molecular weight is 342 g/mol. The molecule has 0 radical (unpaired) electrons. The molecule has 2 atom stereocenters. The van der Waals surface area contributed by atoms with Gasteiger partial charge in [-0.3, -0.25) is 9.59 Å². The summed E-state index contributed by atoms with van der Waals surface area (Å²) in [4.78, 5) is 25.1. The van der Waals surface area contributed by atoms with Crippen LogP contribution in [0.1, 0.15) is 54.3 Å². The van der Waals surface area contributed by atoms with Gasteiger partial charge in [-0.25, -0.2) is 0 Å². The molecule has 2 N–H and O–H groups in total. The standard InChI is InChI=1S/C20H26N2O3/c1-12(2)18(22-19(23)16-8-6-7-13(3)11-16)20(24)21-15(5)17-10-9-14(4)25-17/h6-12,15,18H,1-5H3,(H,21,24)(H,22,23). The number of aryl methyl sites for hydroxylation is 2. The summed E-state index contributed by atoms with van der Waals surface area (Å²) in [5.41, 5.74) is 1.55. The van der Waals surface area contributed by atoms with Gasteiger partial charge in [0.2, 0.25) is 5.91 Å². The molecule has 0 saturated carbocycles. The number of nitrogens with one attached hydrogen (secondary N) is 2. The summed E-state index contributed by atoms with van der Waals surface area (Å²) in [6.07, 6.45) is 0. The first kappa shape index (κ1) is 18.8. The van der Waals surface area contributed by atoms with Gasteiger partial charge in [0.15, 0.2) is 0 Å². The van der Waals surface area contributed by atoms with E-state index in [9.17, 15) is 9.59 Å². The van der Waals surface area contributed by atoms with Gasteiger partial charge in [-0.1, -0.05) is 31.5 Å². The summed E-state index contributed by atoms with van der Waals surface area (Å²) < 4.78 is 5.55. The lowest BCUT2D eigenvalue weighted by Gasteiger charge is -2.23. The molecular formula is C20H26N2O3. The third-order valence-corrected chi connectivity index (χ3v) is 4.06. The monoisotopic (exact) mass is 342 g/mol.